The lowest BCUT2D eigenvalue weighted by atomic mass is 10.1. The summed E-state index contributed by atoms with van der Waals surface area (Å²) >= 11 is 0. The van der Waals surface area contributed by atoms with E-state index in [1.54, 1.807) is 12.1 Å². The van der Waals surface area contributed by atoms with Crippen LogP contribution in [0.3, 0.4) is 0 Å². The maximum absolute atomic E-state index is 12.3. The number of alkyl halides is 2. The van der Waals surface area contributed by atoms with Crippen molar-refractivity contribution in [3.05, 3.63) is 29.3 Å². The molecule has 0 aliphatic carbocycles. The topological polar surface area (TPSA) is 61.8 Å². The zero-order valence-electron chi connectivity index (χ0n) is 11.4. The quantitative estimate of drug-likeness (QED) is 0.838. The lowest BCUT2D eigenvalue weighted by Gasteiger charge is -2.17. The van der Waals surface area contributed by atoms with Crippen LogP contribution >= 0.6 is 0 Å². The number of likely N-dealkylation sites (N-methyl/N-ethyl adjacent to an activating group) is 1. The molecule has 0 saturated carbocycles. The Balaban J connectivity index is 2.70. The fourth-order valence-electron chi connectivity index (χ4n) is 1.61. The Morgan fingerprint density at radius 3 is 2.80 bits per heavy atom. The Hall–Kier alpha value is -1.89. The molecule has 0 aliphatic heterocycles. The van der Waals surface area contributed by atoms with Crippen LogP contribution in [0.15, 0.2) is 18.2 Å². The normalized spacial score (nSPS) is 10.5. The molecule has 2 amide bonds. The summed E-state index contributed by atoms with van der Waals surface area (Å²) in [6.07, 6.45) is 0. The zero-order chi connectivity index (χ0) is 15.1. The number of benzene rings is 1. The van der Waals surface area contributed by atoms with Crippen LogP contribution < -0.4 is 10.1 Å². The van der Waals surface area contributed by atoms with Crippen molar-refractivity contribution in [2.24, 2.45) is 0 Å². The molecule has 5 nitrogen and oxygen atoms in total. The molecule has 0 fully saturated rings. The zero-order valence-corrected chi connectivity index (χ0v) is 11.4. The van der Waals surface area contributed by atoms with Gasteiger partial charge in [0, 0.05) is 25.7 Å². The molecule has 0 unspecified atom stereocenters. The number of amides is 2. The smallest absolute Gasteiger partial charge is 0.387 e. The maximum Gasteiger partial charge on any atom is 0.387 e. The second kappa shape index (κ2) is 7.64. The average molecular weight is 288 g/mol. The fourth-order valence-corrected chi connectivity index (χ4v) is 1.61. The molecule has 0 atom stereocenters. The summed E-state index contributed by atoms with van der Waals surface area (Å²) in [6.45, 7) is -0.980. The van der Waals surface area contributed by atoms with Crippen molar-refractivity contribution in [2.45, 2.75) is 20.1 Å². The van der Waals surface area contributed by atoms with E-state index in [9.17, 15) is 13.6 Å². The lowest BCUT2D eigenvalue weighted by Crippen LogP contribution is -2.38. The minimum atomic E-state index is -2.91. The van der Waals surface area contributed by atoms with Gasteiger partial charge in [0.05, 0.1) is 6.61 Å². The van der Waals surface area contributed by atoms with Crippen molar-refractivity contribution in [3.8, 4) is 5.75 Å². The standard InChI is InChI=1S/C13H18F2N2O3/c1-9-3-4-11(20-12(14)15)10(7-9)8-16-13(19)17(2)5-6-18/h3-4,7,12,18H,5-6,8H2,1-2H3,(H,16,19). The highest BCUT2D eigenvalue weighted by Crippen LogP contribution is 2.21. The molecular weight excluding hydrogens is 270 g/mol. The number of hydrogen-bond donors (Lipinski definition) is 2. The van der Waals surface area contributed by atoms with E-state index >= 15 is 0 Å². The predicted molar refractivity (Wildman–Crippen MR) is 69.8 cm³/mol. The number of aliphatic hydroxyl groups excluding tert-OH is 1. The van der Waals surface area contributed by atoms with Crippen molar-refractivity contribution in [2.75, 3.05) is 20.2 Å². The summed E-state index contributed by atoms with van der Waals surface area (Å²) in [5.74, 6) is 0.0377. The average Bonchev–Trinajstić information content (AvgIpc) is 2.38. The third-order valence-corrected chi connectivity index (χ3v) is 2.64. The predicted octanol–water partition coefficient (Wildman–Crippen LogP) is 1.73. The first kappa shape index (κ1) is 16.2. The lowest BCUT2D eigenvalue weighted by molar-refractivity contribution is -0.0504. The van der Waals surface area contributed by atoms with Gasteiger partial charge in [0.15, 0.2) is 0 Å². The number of halogens is 2. The Morgan fingerprint density at radius 2 is 2.20 bits per heavy atom. The minimum absolute atomic E-state index is 0.0377. The largest absolute Gasteiger partial charge is 0.434 e. The van der Waals surface area contributed by atoms with Gasteiger partial charge in [0.1, 0.15) is 5.75 Å². The number of aryl methyl sites for hydroxylation is 1. The van der Waals surface area contributed by atoms with E-state index in [4.69, 9.17) is 5.11 Å². The van der Waals surface area contributed by atoms with Gasteiger partial charge in [-0.25, -0.2) is 4.79 Å². The van der Waals surface area contributed by atoms with Gasteiger partial charge in [0.25, 0.3) is 0 Å². The maximum atomic E-state index is 12.3. The van der Waals surface area contributed by atoms with E-state index in [0.29, 0.717) is 5.56 Å². The number of rotatable bonds is 6. The van der Waals surface area contributed by atoms with Gasteiger partial charge >= 0.3 is 12.6 Å². The number of nitrogens with one attached hydrogen (secondary N) is 1. The number of aliphatic hydroxyl groups is 1. The number of urea groups is 1. The van der Waals surface area contributed by atoms with Crippen molar-refractivity contribution in [1.29, 1.82) is 0 Å². The summed E-state index contributed by atoms with van der Waals surface area (Å²) in [5.41, 5.74) is 1.34. The Morgan fingerprint density at radius 1 is 1.50 bits per heavy atom. The summed E-state index contributed by atoms with van der Waals surface area (Å²) in [4.78, 5) is 12.9. The molecule has 0 aliphatic rings. The van der Waals surface area contributed by atoms with E-state index in [0.717, 1.165) is 5.56 Å². The van der Waals surface area contributed by atoms with E-state index in [-0.39, 0.29) is 25.4 Å². The first-order chi connectivity index (χ1) is 9.43. The molecule has 2 N–H and O–H groups in total. The number of carbonyl (C=O) groups excluding carboxylic acids is 1. The van der Waals surface area contributed by atoms with Crippen LogP contribution in [0.25, 0.3) is 0 Å². The molecule has 1 rings (SSSR count). The Labute approximate surface area is 116 Å². The summed E-state index contributed by atoms with van der Waals surface area (Å²) in [7, 11) is 1.53. The van der Waals surface area contributed by atoms with Crippen LogP contribution in [0.5, 0.6) is 5.75 Å². The molecule has 1 aromatic rings. The Kier molecular flexibility index (Phi) is 6.17. The van der Waals surface area contributed by atoms with Crippen LogP contribution in [0.2, 0.25) is 0 Å². The highest BCUT2D eigenvalue weighted by atomic mass is 19.3. The van der Waals surface area contributed by atoms with Crippen molar-refractivity contribution in [3.63, 3.8) is 0 Å². The van der Waals surface area contributed by atoms with Gasteiger partial charge < -0.3 is 20.1 Å². The molecule has 112 valence electrons. The number of hydrogen-bond acceptors (Lipinski definition) is 3. The SMILES string of the molecule is Cc1ccc(OC(F)F)c(CNC(=O)N(C)CCO)c1. The third-order valence-electron chi connectivity index (χ3n) is 2.64. The molecule has 20 heavy (non-hydrogen) atoms. The molecule has 0 saturated heterocycles. The third kappa shape index (κ3) is 5.00. The summed E-state index contributed by atoms with van der Waals surface area (Å²) in [6, 6.07) is 4.37. The van der Waals surface area contributed by atoms with Gasteiger partial charge in [-0.3, -0.25) is 0 Å². The monoisotopic (exact) mass is 288 g/mol. The number of nitrogens with zero attached hydrogens (tertiary/aromatic N) is 1. The molecular formula is C13H18F2N2O3. The molecule has 0 bridgehead atoms. The van der Waals surface area contributed by atoms with Gasteiger partial charge in [-0.1, -0.05) is 17.7 Å². The van der Waals surface area contributed by atoms with Gasteiger partial charge in [-0.05, 0) is 13.0 Å². The second-order valence-corrected chi connectivity index (χ2v) is 4.29. The molecule has 1 aromatic carbocycles. The van der Waals surface area contributed by atoms with E-state index in [1.165, 1.54) is 18.0 Å². The summed E-state index contributed by atoms with van der Waals surface area (Å²) < 4.78 is 29.0. The first-order valence-corrected chi connectivity index (χ1v) is 6.08. The van der Waals surface area contributed by atoms with Crippen LogP contribution in [-0.4, -0.2) is 42.8 Å². The highest BCUT2D eigenvalue weighted by molar-refractivity contribution is 5.73. The highest BCUT2D eigenvalue weighted by Gasteiger charge is 2.12. The molecule has 0 aromatic heterocycles. The van der Waals surface area contributed by atoms with Gasteiger partial charge in [0.2, 0.25) is 0 Å². The summed E-state index contributed by atoms with van der Waals surface area (Å²) in [5, 5.41) is 11.3. The number of carbonyl (C=O) groups is 1. The van der Waals surface area contributed by atoms with Crippen LogP contribution in [-0.2, 0) is 6.54 Å². The first-order valence-electron chi connectivity index (χ1n) is 6.08. The van der Waals surface area contributed by atoms with Gasteiger partial charge in [-0.2, -0.15) is 8.78 Å². The van der Waals surface area contributed by atoms with E-state index in [1.807, 2.05) is 6.92 Å². The fraction of sp³-hybridized carbons (Fsp3) is 0.462. The van der Waals surface area contributed by atoms with Crippen molar-refractivity contribution >= 4 is 6.03 Å². The molecule has 7 heteroatoms. The van der Waals surface area contributed by atoms with Gasteiger partial charge in [-0.15, -0.1) is 0 Å². The van der Waals surface area contributed by atoms with Crippen LogP contribution in [0, 0.1) is 6.92 Å². The minimum Gasteiger partial charge on any atom is -0.434 e. The van der Waals surface area contributed by atoms with E-state index < -0.39 is 12.6 Å². The van der Waals surface area contributed by atoms with Crippen LogP contribution in [0.4, 0.5) is 13.6 Å². The van der Waals surface area contributed by atoms with Crippen LogP contribution in [0.1, 0.15) is 11.1 Å². The second-order valence-electron chi connectivity index (χ2n) is 4.29. The molecule has 0 radical (unpaired) electrons. The van der Waals surface area contributed by atoms with E-state index in [2.05, 4.69) is 10.1 Å². The number of ether oxygens (including phenoxy) is 1. The molecule has 0 heterocycles. The van der Waals surface area contributed by atoms with Crippen molar-refractivity contribution in [1.82, 2.24) is 10.2 Å². The molecule has 0 spiro atoms. The Bertz CT molecular complexity index is 455. The van der Waals surface area contributed by atoms with Crippen molar-refractivity contribution < 1.29 is 23.4 Å².